The van der Waals surface area contributed by atoms with Crippen LogP contribution in [0.5, 0.6) is 0 Å². The minimum absolute atomic E-state index is 0.310. The van der Waals surface area contributed by atoms with Gasteiger partial charge in [0.05, 0.1) is 16.4 Å². The Morgan fingerprint density at radius 1 is 0.935 bits per heavy atom. The first kappa shape index (κ1) is 21.1. The number of rotatable bonds is 4. The molecule has 31 heavy (non-hydrogen) atoms. The van der Waals surface area contributed by atoms with Crippen LogP contribution in [0.15, 0.2) is 77.4 Å². The summed E-state index contributed by atoms with van der Waals surface area (Å²) in [5.41, 5.74) is 4.54. The van der Waals surface area contributed by atoms with Crippen molar-refractivity contribution in [2.75, 3.05) is 10.6 Å². The van der Waals surface area contributed by atoms with Crippen LogP contribution in [-0.2, 0) is 7.05 Å². The number of hydrogen-bond acceptors (Lipinski definition) is 2. The molecule has 3 aromatic carbocycles. The van der Waals surface area contributed by atoms with Gasteiger partial charge in [0.2, 0.25) is 0 Å². The van der Waals surface area contributed by atoms with Gasteiger partial charge in [-0.2, -0.15) is 5.10 Å². The third-order valence-electron chi connectivity index (χ3n) is 4.64. The highest BCUT2D eigenvalue weighted by molar-refractivity contribution is 9.10. The average molecular weight is 500 g/mol. The molecule has 0 atom stereocenters. The molecule has 0 saturated carbocycles. The van der Waals surface area contributed by atoms with Gasteiger partial charge in [-0.25, -0.2) is 9.18 Å². The predicted molar refractivity (Wildman–Crippen MR) is 126 cm³/mol. The van der Waals surface area contributed by atoms with Crippen molar-refractivity contribution in [1.82, 2.24) is 9.78 Å². The van der Waals surface area contributed by atoms with Crippen LogP contribution < -0.4 is 10.6 Å². The zero-order chi connectivity index (χ0) is 22.0. The maximum absolute atomic E-state index is 13.4. The highest BCUT2D eigenvalue weighted by atomic mass is 79.9. The number of carbonyl (C=O) groups excluding carboxylic acids is 1. The van der Waals surface area contributed by atoms with E-state index in [9.17, 15) is 9.18 Å². The summed E-state index contributed by atoms with van der Waals surface area (Å²) in [5.74, 6) is -0.310. The summed E-state index contributed by atoms with van der Waals surface area (Å²) in [5, 5.41) is 10.5. The molecule has 4 aromatic rings. The highest BCUT2D eigenvalue weighted by Crippen LogP contribution is 2.34. The van der Waals surface area contributed by atoms with Gasteiger partial charge in [-0.3, -0.25) is 4.68 Å². The van der Waals surface area contributed by atoms with Gasteiger partial charge in [0, 0.05) is 29.0 Å². The summed E-state index contributed by atoms with van der Waals surface area (Å²) in [6, 6.07) is 18.3. The normalized spacial score (nSPS) is 10.7. The maximum Gasteiger partial charge on any atom is 0.323 e. The molecular formula is C23H17BrClFN4O. The lowest BCUT2D eigenvalue weighted by atomic mass is 10.0. The summed E-state index contributed by atoms with van der Waals surface area (Å²) in [4.78, 5) is 12.6. The lowest BCUT2D eigenvalue weighted by molar-refractivity contribution is 0.262. The van der Waals surface area contributed by atoms with Crippen LogP contribution in [0.1, 0.15) is 0 Å². The van der Waals surface area contributed by atoms with Gasteiger partial charge < -0.3 is 10.6 Å². The van der Waals surface area contributed by atoms with Crippen molar-refractivity contribution in [3.63, 3.8) is 0 Å². The number of nitrogens with one attached hydrogen (secondary N) is 2. The van der Waals surface area contributed by atoms with E-state index >= 15 is 0 Å². The molecule has 0 aliphatic heterocycles. The van der Waals surface area contributed by atoms with Crippen LogP contribution in [0.3, 0.4) is 0 Å². The van der Waals surface area contributed by atoms with E-state index in [1.807, 2.05) is 25.2 Å². The van der Waals surface area contributed by atoms with Crippen LogP contribution in [0.2, 0.25) is 5.02 Å². The molecule has 0 saturated heterocycles. The van der Waals surface area contributed by atoms with Crippen molar-refractivity contribution in [2.24, 2.45) is 7.05 Å². The van der Waals surface area contributed by atoms with Crippen LogP contribution in [0.4, 0.5) is 20.6 Å². The first-order valence-electron chi connectivity index (χ1n) is 9.31. The molecule has 8 heteroatoms. The van der Waals surface area contributed by atoms with Gasteiger partial charge >= 0.3 is 6.03 Å². The molecule has 0 bridgehead atoms. The van der Waals surface area contributed by atoms with E-state index in [-0.39, 0.29) is 5.82 Å². The van der Waals surface area contributed by atoms with E-state index in [0.717, 1.165) is 26.9 Å². The fraction of sp³-hybridized carbons (Fsp3) is 0.0435. The van der Waals surface area contributed by atoms with Crippen LogP contribution in [0, 0.1) is 5.82 Å². The number of urea groups is 1. The number of amides is 2. The Kier molecular flexibility index (Phi) is 6.06. The Morgan fingerprint density at radius 2 is 1.58 bits per heavy atom. The average Bonchev–Trinajstić information content (AvgIpc) is 3.08. The van der Waals surface area contributed by atoms with Crippen molar-refractivity contribution in [3.8, 4) is 22.4 Å². The Labute approximate surface area is 192 Å². The van der Waals surface area contributed by atoms with Gasteiger partial charge in [0.25, 0.3) is 0 Å². The first-order valence-corrected chi connectivity index (χ1v) is 10.5. The van der Waals surface area contributed by atoms with E-state index < -0.39 is 6.03 Å². The molecule has 2 amide bonds. The molecule has 5 nitrogen and oxygen atoms in total. The highest BCUT2D eigenvalue weighted by Gasteiger charge is 2.13. The van der Waals surface area contributed by atoms with Crippen molar-refractivity contribution in [1.29, 1.82) is 0 Å². The number of aryl methyl sites for hydroxylation is 1. The molecular weight excluding hydrogens is 483 g/mol. The van der Waals surface area contributed by atoms with Gasteiger partial charge in [-0.1, -0.05) is 23.7 Å². The quantitative estimate of drug-likeness (QED) is 0.319. The van der Waals surface area contributed by atoms with Crippen molar-refractivity contribution >= 4 is 44.9 Å². The molecule has 1 aromatic heterocycles. The molecule has 0 unspecified atom stereocenters. The zero-order valence-corrected chi connectivity index (χ0v) is 18.7. The fourth-order valence-electron chi connectivity index (χ4n) is 3.21. The molecule has 0 radical (unpaired) electrons. The first-order chi connectivity index (χ1) is 14.9. The second-order valence-electron chi connectivity index (χ2n) is 6.86. The third kappa shape index (κ3) is 4.95. The molecule has 1 heterocycles. The Balaban J connectivity index is 1.69. The van der Waals surface area contributed by atoms with E-state index in [0.29, 0.717) is 16.4 Å². The number of aromatic nitrogens is 2. The smallest absolute Gasteiger partial charge is 0.308 e. The number of benzene rings is 3. The zero-order valence-electron chi connectivity index (χ0n) is 16.4. The largest absolute Gasteiger partial charge is 0.323 e. The van der Waals surface area contributed by atoms with E-state index in [1.54, 1.807) is 47.3 Å². The maximum atomic E-state index is 13.4. The lowest BCUT2D eigenvalue weighted by Gasteiger charge is -2.13. The summed E-state index contributed by atoms with van der Waals surface area (Å²) < 4.78 is 16.0. The summed E-state index contributed by atoms with van der Waals surface area (Å²) in [6.07, 6.45) is 1.71. The van der Waals surface area contributed by atoms with Gasteiger partial charge in [-0.15, -0.1) is 0 Å². The summed E-state index contributed by atoms with van der Waals surface area (Å²) in [6.45, 7) is 0. The van der Waals surface area contributed by atoms with Gasteiger partial charge in [0.15, 0.2) is 0 Å². The van der Waals surface area contributed by atoms with Crippen LogP contribution in [-0.4, -0.2) is 15.8 Å². The van der Waals surface area contributed by atoms with E-state index in [4.69, 9.17) is 11.6 Å². The second kappa shape index (κ2) is 8.91. The van der Waals surface area contributed by atoms with E-state index in [2.05, 4.69) is 31.7 Å². The van der Waals surface area contributed by atoms with Crippen LogP contribution in [0.25, 0.3) is 22.4 Å². The lowest BCUT2D eigenvalue weighted by Crippen LogP contribution is -2.19. The molecule has 0 aliphatic rings. The Hall–Kier alpha value is -3.16. The molecule has 0 aliphatic carbocycles. The topological polar surface area (TPSA) is 59.0 Å². The molecule has 0 fully saturated rings. The number of halogens is 3. The predicted octanol–water partition coefficient (Wildman–Crippen LogP) is 6.95. The standard InChI is InChI=1S/C23H17BrClFN4O/c1-30-22(21(24)13-27-30)16-10-15(14-2-6-18(26)7-3-14)11-20(12-16)29-23(31)28-19-8-4-17(25)5-9-19/h2-13H,1H3,(H2,28,29,31). The SMILES string of the molecule is Cn1ncc(Br)c1-c1cc(NC(=O)Nc2ccc(Cl)cc2)cc(-c2ccc(F)cc2)c1. The summed E-state index contributed by atoms with van der Waals surface area (Å²) in [7, 11) is 1.84. The van der Waals surface area contributed by atoms with Gasteiger partial charge in [0.1, 0.15) is 5.82 Å². The van der Waals surface area contributed by atoms with Crippen molar-refractivity contribution in [2.45, 2.75) is 0 Å². The number of hydrogen-bond donors (Lipinski definition) is 2. The molecule has 4 rings (SSSR count). The molecule has 0 spiro atoms. The Morgan fingerprint density at radius 3 is 2.23 bits per heavy atom. The Bertz CT molecular complexity index is 1220. The van der Waals surface area contributed by atoms with Crippen molar-refractivity contribution in [3.05, 3.63) is 88.2 Å². The number of anilines is 2. The summed E-state index contributed by atoms with van der Waals surface area (Å²) >= 11 is 9.42. The number of carbonyl (C=O) groups is 1. The second-order valence-corrected chi connectivity index (χ2v) is 8.15. The monoisotopic (exact) mass is 498 g/mol. The fourth-order valence-corrected chi connectivity index (χ4v) is 3.91. The van der Waals surface area contributed by atoms with E-state index in [1.165, 1.54) is 12.1 Å². The third-order valence-corrected chi connectivity index (χ3v) is 5.47. The van der Waals surface area contributed by atoms with Crippen molar-refractivity contribution < 1.29 is 9.18 Å². The molecule has 156 valence electrons. The van der Waals surface area contributed by atoms with Crippen LogP contribution >= 0.6 is 27.5 Å². The molecule has 2 N–H and O–H groups in total. The van der Waals surface area contributed by atoms with Gasteiger partial charge in [-0.05, 0) is 81.7 Å². The minimum atomic E-state index is -0.395. The minimum Gasteiger partial charge on any atom is -0.308 e. The number of nitrogens with zero attached hydrogens (tertiary/aromatic N) is 2.